The van der Waals surface area contributed by atoms with Crippen molar-refractivity contribution in [3.63, 3.8) is 0 Å². The molecule has 1 saturated carbocycles. The van der Waals surface area contributed by atoms with Crippen molar-refractivity contribution >= 4 is 23.6 Å². The van der Waals surface area contributed by atoms with E-state index >= 15 is 0 Å². The molecule has 29 heavy (non-hydrogen) atoms. The molecule has 0 aromatic heterocycles. The minimum Gasteiger partial charge on any atom is -0.385 e. The zero-order valence-electron chi connectivity index (χ0n) is 19.0. The lowest BCUT2D eigenvalue weighted by Gasteiger charge is -2.29. The Labute approximate surface area is 182 Å². The molecule has 2 amide bonds. The van der Waals surface area contributed by atoms with Gasteiger partial charge in [0.05, 0.1) is 0 Å². The van der Waals surface area contributed by atoms with Crippen molar-refractivity contribution in [1.29, 1.82) is 0 Å². The van der Waals surface area contributed by atoms with Crippen LogP contribution in [0, 0.1) is 11.8 Å². The van der Waals surface area contributed by atoms with Crippen LogP contribution in [0.5, 0.6) is 0 Å². The van der Waals surface area contributed by atoms with Crippen LogP contribution in [-0.4, -0.2) is 50.1 Å². The Bertz CT molecular complexity index is 440. The van der Waals surface area contributed by atoms with Gasteiger partial charge in [-0.1, -0.05) is 45.4 Å². The second-order valence-corrected chi connectivity index (χ2v) is 9.39. The fraction of sp³-hybridized carbons (Fsp3) is 0.913. The van der Waals surface area contributed by atoms with Gasteiger partial charge in [0, 0.05) is 26.2 Å². The smallest absolute Gasteiger partial charge is 0.242 e. The first-order valence-corrected chi connectivity index (χ1v) is 13.1. The number of carbonyl (C=O) groups is 2. The molecule has 0 aliphatic heterocycles. The Kier molecular flexibility index (Phi) is 15.4. The molecule has 0 saturated heterocycles. The lowest BCUT2D eigenvalue weighted by Crippen LogP contribution is -2.49. The fourth-order valence-corrected chi connectivity index (χ4v) is 4.57. The predicted octanol–water partition coefficient (Wildman–Crippen LogP) is 4.54. The van der Waals surface area contributed by atoms with Gasteiger partial charge in [-0.3, -0.25) is 9.59 Å². The number of amides is 2. The Morgan fingerprint density at radius 3 is 2.45 bits per heavy atom. The van der Waals surface area contributed by atoms with Crippen LogP contribution in [0.25, 0.3) is 0 Å². The van der Waals surface area contributed by atoms with Crippen LogP contribution in [0.3, 0.4) is 0 Å². The normalized spacial score (nSPS) is 20.2. The summed E-state index contributed by atoms with van der Waals surface area (Å²) in [5.74, 6) is 1.73. The number of unbranched alkanes of at least 4 members (excludes halogenated alkanes) is 4. The van der Waals surface area contributed by atoms with E-state index in [1.165, 1.54) is 38.5 Å². The van der Waals surface area contributed by atoms with E-state index in [1.54, 1.807) is 18.9 Å². The molecule has 170 valence electrons. The minimum atomic E-state index is -0.422. The maximum atomic E-state index is 12.8. The van der Waals surface area contributed by atoms with Crippen LogP contribution in [-0.2, 0) is 14.3 Å². The maximum absolute atomic E-state index is 12.8. The number of carbonyl (C=O) groups excluding carboxylic acids is 2. The van der Waals surface area contributed by atoms with E-state index in [9.17, 15) is 9.59 Å². The molecule has 0 heterocycles. The van der Waals surface area contributed by atoms with Gasteiger partial charge in [-0.05, 0) is 56.5 Å². The standard InChI is InChI=1S/C23H44N2O3S/c1-4-5-6-7-8-10-19-11-13-20(14-12-19)22(26)25-21(15-18-29-3)23(27)24-16-9-17-28-2/h19-21H,4-18H2,1-3H3,(H,24,27)(H,25,26)/t19?,20?,21-/m1/s1. The highest BCUT2D eigenvalue weighted by molar-refractivity contribution is 7.98. The predicted molar refractivity (Wildman–Crippen MR) is 123 cm³/mol. The molecule has 2 N–H and O–H groups in total. The molecular formula is C23H44N2O3S. The number of rotatable bonds is 16. The highest BCUT2D eigenvalue weighted by Crippen LogP contribution is 2.32. The molecule has 0 bridgehead atoms. The molecule has 1 aliphatic carbocycles. The van der Waals surface area contributed by atoms with Gasteiger partial charge in [0.1, 0.15) is 6.04 Å². The first-order valence-electron chi connectivity index (χ1n) is 11.7. The van der Waals surface area contributed by atoms with Crippen molar-refractivity contribution in [3.8, 4) is 0 Å². The van der Waals surface area contributed by atoms with Crippen molar-refractivity contribution in [3.05, 3.63) is 0 Å². The third-order valence-electron chi connectivity index (χ3n) is 6.00. The second-order valence-electron chi connectivity index (χ2n) is 8.40. The average Bonchev–Trinajstić information content (AvgIpc) is 2.74. The largest absolute Gasteiger partial charge is 0.385 e. The molecule has 0 aromatic rings. The van der Waals surface area contributed by atoms with Crippen molar-refractivity contribution in [2.45, 2.75) is 90.0 Å². The van der Waals surface area contributed by atoms with Crippen LogP contribution in [0.15, 0.2) is 0 Å². The summed E-state index contributed by atoms with van der Waals surface area (Å²) in [5.41, 5.74) is 0. The zero-order valence-corrected chi connectivity index (χ0v) is 19.8. The lowest BCUT2D eigenvalue weighted by atomic mass is 9.79. The Balaban J connectivity index is 2.35. The monoisotopic (exact) mass is 428 g/mol. The molecule has 0 radical (unpaired) electrons. The van der Waals surface area contributed by atoms with Gasteiger partial charge in [0.25, 0.3) is 0 Å². The summed E-state index contributed by atoms with van der Waals surface area (Å²) in [6.45, 7) is 3.47. The number of ether oxygens (including phenoxy) is 1. The van der Waals surface area contributed by atoms with Gasteiger partial charge < -0.3 is 15.4 Å². The minimum absolute atomic E-state index is 0.0655. The summed E-state index contributed by atoms with van der Waals surface area (Å²) in [6.07, 6.45) is 15.8. The van der Waals surface area contributed by atoms with Crippen molar-refractivity contribution < 1.29 is 14.3 Å². The molecule has 1 atom stereocenters. The SMILES string of the molecule is CCCCCCCC1CCC(C(=O)N[C@H](CCSC)C(=O)NCCCOC)CC1. The number of thioether (sulfide) groups is 1. The first kappa shape index (κ1) is 26.3. The molecule has 5 nitrogen and oxygen atoms in total. The second kappa shape index (κ2) is 17.0. The maximum Gasteiger partial charge on any atom is 0.242 e. The quantitative estimate of drug-likeness (QED) is 0.354. The van der Waals surface area contributed by atoms with E-state index in [0.717, 1.165) is 43.8 Å². The van der Waals surface area contributed by atoms with Gasteiger partial charge in [0.2, 0.25) is 11.8 Å². The summed E-state index contributed by atoms with van der Waals surface area (Å²) >= 11 is 1.70. The number of nitrogens with one attached hydrogen (secondary N) is 2. The highest BCUT2D eigenvalue weighted by Gasteiger charge is 2.29. The van der Waals surface area contributed by atoms with E-state index in [0.29, 0.717) is 19.6 Å². The Morgan fingerprint density at radius 1 is 1.07 bits per heavy atom. The van der Waals surface area contributed by atoms with Gasteiger partial charge in [-0.2, -0.15) is 11.8 Å². The molecule has 0 unspecified atom stereocenters. The first-order chi connectivity index (χ1) is 14.1. The van der Waals surface area contributed by atoms with Gasteiger partial charge in [-0.25, -0.2) is 0 Å². The van der Waals surface area contributed by atoms with E-state index in [2.05, 4.69) is 17.6 Å². The van der Waals surface area contributed by atoms with Crippen LogP contribution in [0.4, 0.5) is 0 Å². The average molecular weight is 429 g/mol. The number of methoxy groups -OCH3 is 1. The van der Waals surface area contributed by atoms with Gasteiger partial charge in [0.15, 0.2) is 0 Å². The third-order valence-corrected chi connectivity index (χ3v) is 6.65. The molecule has 1 rings (SSSR count). The summed E-state index contributed by atoms with van der Waals surface area (Å²) < 4.78 is 5.02. The molecule has 0 spiro atoms. The molecule has 1 fully saturated rings. The van der Waals surface area contributed by atoms with Crippen molar-refractivity contribution in [2.24, 2.45) is 11.8 Å². The van der Waals surface area contributed by atoms with E-state index in [-0.39, 0.29) is 17.7 Å². The molecule has 6 heteroatoms. The zero-order chi connectivity index (χ0) is 21.3. The fourth-order valence-electron chi connectivity index (χ4n) is 4.10. The van der Waals surface area contributed by atoms with Crippen LogP contribution < -0.4 is 10.6 Å². The van der Waals surface area contributed by atoms with E-state index in [4.69, 9.17) is 4.74 Å². The highest BCUT2D eigenvalue weighted by atomic mass is 32.2. The van der Waals surface area contributed by atoms with Crippen molar-refractivity contribution in [2.75, 3.05) is 32.3 Å². The summed E-state index contributed by atoms with van der Waals surface area (Å²) in [6, 6.07) is -0.422. The van der Waals surface area contributed by atoms with Crippen molar-refractivity contribution in [1.82, 2.24) is 10.6 Å². The van der Waals surface area contributed by atoms with Crippen LogP contribution in [0.2, 0.25) is 0 Å². The summed E-state index contributed by atoms with van der Waals surface area (Å²) in [7, 11) is 1.66. The molecule has 1 aliphatic rings. The lowest BCUT2D eigenvalue weighted by molar-refractivity contribution is -0.132. The van der Waals surface area contributed by atoms with Gasteiger partial charge in [-0.15, -0.1) is 0 Å². The van der Waals surface area contributed by atoms with Gasteiger partial charge >= 0.3 is 0 Å². The van der Waals surface area contributed by atoms with Crippen LogP contribution >= 0.6 is 11.8 Å². The molecular weight excluding hydrogens is 384 g/mol. The molecule has 0 aromatic carbocycles. The number of hydrogen-bond donors (Lipinski definition) is 2. The Hall–Kier alpha value is -0.750. The van der Waals surface area contributed by atoms with Crippen LogP contribution in [0.1, 0.15) is 84.0 Å². The van der Waals surface area contributed by atoms with E-state index in [1.807, 2.05) is 6.26 Å². The Morgan fingerprint density at radius 2 is 1.79 bits per heavy atom. The summed E-state index contributed by atoms with van der Waals surface area (Å²) in [4.78, 5) is 25.3. The number of hydrogen-bond acceptors (Lipinski definition) is 4. The topological polar surface area (TPSA) is 67.4 Å². The summed E-state index contributed by atoms with van der Waals surface area (Å²) in [5, 5.41) is 5.98. The van der Waals surface area contributed by atoms with E-state index < -0.39 is 6.04 Å². The third kappa shape index (κ3) is 11.9.